The summed E-state index contributed by atoms with van der Waals surface area (Å²) in [4.78, 5) is 45.0. The van der Waals surface area contributed by atoms with Crippen molar-refractivity contribution in [2.75, 3.05) is 11.9 Å². The van der Waals surface area contributed by atoms with Gasteiger partial charge in [0.15, 0.2) is 0 Å². The summed E-state index contributed by atoms with van der Waals surface area (Å²) in [6.45, 7) is 1.89. The van der Waals surface area contributed by atoms with E-state index in [1.165, 1.54) is 23.2 Å². The summed E-state index contributed by atoms with van der Waals surface area (Å²) in [5.74, 6) is -1.08. The zero-order chi connectivity index (χ0) is 28.6. The maximum atomic E-state index is 13.5. The van der Waals surface area contributed by atoms with Crippen molar-refractivity contribution in [3.8, 4) is 0 Å². The molecule has 0 saturated heterocycles. The predicted molar refractivity (Wildman–Crippen MR) is 147 cm³/mol. The van der Waals surface area contributed by atoms with Gasteiger partial charge in [-0.3, -0.25) is 14.4 Å². The largest absolute Gasteiger partial charge is 0.374 e. The SMILES string of the molecule is Cc1cccc(NC(=O)[C@@H]2CC=CCN2C(=O)Cn2cc(C(N)O)c3cc(C(=O)NS(=O)(=O)C4CC4)ccc32)n1. The molecule has 1 unspecified atom stereocenters. The number of nitrogens with one attached hydrogen (secondary N) is 2. The lowest BCUT2D eigenvalue weighted by molar-refractivity contribution is -0.138. The van der Waals surface area contributed by atoms with Gasteiger partial charge in [-0.05, 0) is 56.5 Å². The molecule has 1 aliphatic carbocycles. The molecule has 3 amide bonds. The third kappa shape index (κ3) is 5.76. The van der Waals surface area contributed by atoms with E-state index in [2.05, 4.69) is 15.0 Å². The lowest BCUT2D eigenvalue weighted by Crippen LogP contribution is -2.49. The predicted octanol–water partition coefficient (Wildman–Crippen LogP) is 1.31. The van der Waals surface area contributed by atoms with Crippen LogP contribution < -0.4 is 15.8 Å². The first kappa shape index (κ1) is 27.5. The van der Waals surface area contributed by atoms with Gasteiger partial charge in [-0.15, -0.1) is 0 Å². The van der Waals surface area contributed by atoms with Gasteiger partial charge in [0.25, 0.3) is 5.91 Å². The van der Waals surface area contributed by atoms with Crippen molar-refractivity contribution in [1.82, 2.24) is 19.2 Å². The standard InChI is InChI=1S/C27H30N6O6S/c1-16-5-4-7-23(29-16)30-27(37)22-6-2-3-12-33(22)24(34)15-32-14-20(25(28)35)19-13-17(8-11-21(19)32)26(36)31-40(38,39)18-9-10-18/h2-5,7-8,11,13-14,18,22,25,35H,6,9-10,12,15,28H2,1H3,(H,31,36)(H,29,30,37)/t22-,25?/m0/s1. The summed E-state index contributed by atoms with van der Waals surface area (Å²) in [7, 11) is -3.74. The number of aromatic nitrogens is 2. The highest BCUT2D eigenvalue weighted by Gasteiger charge is 2.37. The average molecular weight is 567 g/mol. The Bertz CT molecular complexity index is 1630. The van der Waals surface area contributed by atoms with Gasteiger partial charge in [-0.2, -0.15) is 0 Å². The second kappa shape index (κ2) is 10.8. The number of benzene rings is 1. The van der Waals surface area contributed by atoms with Gasteiger partial charge in [0, 0.05) is 40.5 Å². The van der Waals surface area contributed by atoms with Crippen LogP contribution >= 0.6 is 0 Å². The van der Waals surface area contributed by atoms with Gasteiger partial charge in [-0.1, -0.05) is 18.2 Å². The first-order valence-corrected chi connectivity index (χ1v) is 14.4. The van der Waals surface area contributed by atoms with Crippen molar-refractivity contribution in [1.29, 1.82) is 0 Å². The molecule has 0 radical (unpaired) electrons. The van der Waals surface area contributed by atoms with Crippen LogP contribution in [0.15, 0.2) is 54.7 Å². The molecular formula is C27H30N6O6S. The maximum Gasteiger partial charge on any atom is 0.264 e. The molecule has 3 heterocycles. The van der Waals surface area contributed by atoms with Crippen molar-refractivity contribution in [3.05, 3.63) is 71.6 Å². The topological polar surface area (TPSA) is 177 Å². The molecule has 13 heteroatoms. The van der Waals surface area contributed by atoms with E-state index < -0.39 is 33.5 Å². The van der Waals surface area contributed by atoms with Crippen LogP contribution in [0.2, 0.25) is 0 Å². The van der Waals surface area contributed by atoms with E-state index in [-0.39, 0.29) is 36.0 Å². The second-order valence-corrected chi connectivity index (χ2v) is 11.9. The smallest absolute Gasteiger partial charge is 0.264 e. The Morgan fingerprint density at radius 1 is 1.18 bits per heavy atom. The quantitative estimate of drug-likeness (QED) is 0.233. The number of amides is 3. The van der Waals surface area contributed by atoms with E-state index in [4.69, 9.17) is 5.73 Å². The third-order valence-electron chi connectivity index (χ3n) is 6.96. The number of pyridine rings is 1. The zero-order valence-corrected chi connectivity index (χ0v) is 22.6. The molecule has 3 aromatic rings. The Balaban J connectivity index is 1.37. The van der Waals surface area contributed by atoms with Gasteiger partial charge in [-0.25, -0.2) is 18.1 Å². The molecule has 2 aliphatic rings. The number of aliphatic hydroxyl groups excluding tert-OH is 1. The minimum Gasteiger partial charge on any atom is -0.374 e. The number of nitrogens with two attached hydrogens (primary N) is 1. The molecular weight excluding hydrogens is 536 g/mol. The summed E-state index contributed by atoms with van der Waals surface area (Å²) in [5.41, 5.74) is 7.36. The highest BCUT2D eigenvalue weighted by atomic mass is 32.2. The van der Waals surface area contributed by atoms with Gasteiger partial charge >= 0.3 is 0 Å². The summed E-state index contributed by atoms with van der Waals surface area (Å²) in [6, 6.07) is 8.98. The molecule has 1 aliphatic heterocycles. The van der Waals surface area contributed by atoms with Crippen LogP contribution in [0.3, 0.4) is 0 Å². The van der Waals surface area contributed by atoms with Crippen molar-refractivity contribution < 1.29 is 27.9 Å². The van der Waals surface area contributed by atoms with E-state index in [9.17, 15) is 27.9 Å². The maximum absolute atomic E-state index is 13.5. The van der Waals surface area contributed by atoms with Crippen LogP contribution in [0.5, 0.6) is 0 Å². The van der Waals surface area contributed by atoms with Crippen LogP contribution in [0.1, 0.15) is 47.1 Å². The number of sulfonamides is 1. The molecule has 5 rings (SSSR count). The van der Waals surface area contributed by atoms with Crippen molar-refractivity contribution in [2.45, 2.75) is 50.3 Å². The molecule has 0 spiro atoms. The number of fused-ring (bicyclic) bond motifs is 1. The van der Waals surface area contributed by atoms with Gasteiger partial charge in [0.05, 0.1) is 5.25 Å². The summed E-state index contributed by atoms with van der Waals surface area (Å²) >= 11 is 0. The number of carbonyl (C=O) groups is 3. The number of hydrogen-bond acceptors (Lipinski definition) is 8. The molecule has 210 valence electrons. The number of nitrogens with zero attached hydrogens (tertiary/aromatic N) is 3. The van der Waals surface area contributed by atoms with Crippen LogP contribution in [0.4, 0.5) is 5.82 Å². The summed E-state index contributed by atoms with van der Waals surface area (Å²) in [5, 5.41) is 12.8. The van der Waals surface area contributed by atoms with E-state index in [1.807, 2.05) is 25.1 Å². The highest BCUT2D eigenvalue weighted by molar-refractivity contribution is 7.91. The van der Waals surface area contributed by atoms with Gasteiger partial charge < -0.3 is 25.6 Å². The Hall–Kier alpha value is -4.07. The molecule has 1 fully saturated rings. The fourth-order valence-corrected chi connectivity index (χ4v) is 6.03. The Morgan fingerprint density at radius 2 is 1.95 bits per heavy atom. The van der Waals surface area contributed by atoms with E-state index in [0.717, 1.165) is 5.69 Å². The first-order chi connectivity index (χ1) is 19.0. The molecule has 12 nitrogen and oxygen atoms in total. The lowest BCUT2D eigenvalue weighted by atomic mass is 10.1. The molecule has 1 aromatic carbocycles. The van der Waals surface area contributed by atoms with E-state index in [0.29, 0.717) is 36.0 Å². The zero-order valence-electron chi connectivity index (χ0n) is 21.8. The minimum absolute atomic E-state index is 0.0744. The third-order valence-corrected chi connectivity index (χ3v) is 8.78. The van der Waals surface area contributed by atoms with Gasteiger partial charge in [0.1, 0.15) is 24.6 Å². The monoisotopic (exact) mass is 566 g/mol. The number of rotatable bonds is 8. The fourth-order valence-electron chi connectivity index (χ4n) is 4.73. The summed E-state index contributed by atoms with van der Waals surface area (Å²) < 4.78 is 28.1. The van der Waals surface area contributed by atoms with E-state index in [1.54, 1.807) is 22.8 Å². The van der Waals surface area contributed by atoms with Crippen LogP contribution in [-0.2, 0) is 26.2 Å². The highest BCUT2D eigenvalue weighted by Crippen LogP contribution is 2.29. The number of hydrogen-bond donors (Lipinski definition) is 4. The van der Waals surface area contributed by atoms with Gasteiger partial charge in [0.2, 0.25) is 21.8 Å². The number of carbonyl (C=O) groups excluding carboxylic acids is 3. The number of aryl methyl sites for hydroxylation is 1. The molecule has 40 heavy (non-hydrogen) atoms. The number of aliphatic hydroxyl groups is 1. The first-order valence-electron chi connectivity index (χ1n) is 12.8. The van der Waals surface area contributed by atoms with Crippen LogP contribution in [0, 0.1) is 6.92 Å². The lowest BCUT2D eigenvalue weighted by Gasteiger charge is -2.32. The molecule has 0 bridgehead atoms. The molecule has 1 saturated carbocycles. The number of anilines is 1. The average Bonchev–Trinajstić information content (AvgIpc) is 3.72. The normalized spacial score (nSPS) is 18.0. The molecule has 2 aromatic heterocycles. The van der Waals surface area contributed by atoms with Crippen LogP contribution in [0.25, 0.3) is 10.9 Å². The van der Waals surface area contributed by atoms with Crippen molar-refractivity contribution in [2.24, 2.45) is 5.73 Å². The minimum atomic E-state index is -3.74. The summed E-state index contributed by atoms with van der Waals surface area (Å²) in [6.07, 6.45) is 5.13. The Morgan fingerprint density at radius 3 is 2.65 bits per heavy atom. The van der Waals surface area contributed by atoms with Crippen LogP contribution in [-0.4, -0.2) is 63.5 Å². The Labute approximate surface area is 230 Å². The second-order valence-electron chi connectivity index (χ2n) is 9.99. The Kier molecular flexibility index (Phi) is 7.45. The molecule has 5 N–H and O–H groups in total. The molecule has 2 atom stereocenters. The van der Waals surface area contributed by atoms with Crippen molar-refractivity contribution in [3.63, 3.8) is 0 Å². The van der Waals surface area contributed by atoms with Crippen molar-refractivity contribution >= 4 is 44.5 Å². The van der Waals surface area contributed by atoms with E-state index >= 15 is 0 Å². The fraction of sp³-hybridized carbons (Fsp3) is 0.333.